The lowest BCUT2D eigenvalue weighted by atomic mass is 10.1. The van der Waals surface area contributed by atoms with Crippen LogP contribution in [-0.2, 0) is 4.79 Å². The number of hydroxylamine groups is 1. The number of amides is 2. The van der Waals surface area contributed by atoms with Crippen LogP contribution < -0.4 is 16.0 Å². The van der Waals surface area contributed by atoms with Gasteiger partial charge in [0.05, 0.1) is 17.9 Å². The number of ether oxygens (including phenoxy) is 1. The van der Waals surface area contributed by atoms with E-state index in [4.69, 9.17) is 15.7 Å². The van der Waals surface area contributed by atoms with E-state index in [2.05, 4.69) is 5.10 Å². The normalized spacial score (nSPS) is 10.8. The Bertz CT molecular complexity index is 966. The van der Waals surface area contributed by atoms with Gasteiger partial charge in [-0.3, -0.25) is 14.8 Å². The molecule has 1 aromatic heterocycles. The maximum absolute atomic E-state index is 11.5. The van der Waals surface area contributed by atoms with Crippen molar-refractivity contribution in [3.63, 3.8) is 0 Å². The molecule has 0 fully saturated rings. The van der Waals surface area contributed by atoms with Gasteiger partial charge < -0.3 is 10.5 Å². The number of rotatable bonds is 9. The van der Waals surface area contributed by atoms with Crippen molar-refractivity contribution in [1.29, 1.82) is 0 Å². The first-order valence-electron chi connectivity index (χ1n) is 9.03. The first-order chi connectivity index (χ1) is 13.6. The number of nitrogens with two attached hydrogens (primary N) is 1. The van der Waals surface area contributed by atoms with Gasteiger partial charge in [-0.2, -0.15) is 5.10 Å². The zero-order valence-electron chi connectivity index (χ0n) is 15.3. The Balaban J connectivity index is 1.57. The van der Waals surface area contributed by atoms with Crippen LogP contribution in [-0.4, -0.2) is 33.4 Å². The van der Waals surface area contributed by atoms with E-state index in [0.29, 0.717) is 30.5 Å². The number of hydrogen-bond donors (Lipinski definition) is 3. The highest BCUT2D eigenvalue weighted by Gasteiger charge is 2.11. The predicted molar refractivity (Wildman–Crippen MR) is 103 cm³/mol. The number of fused-ring (bicyclic) bond motifs is 1. The van der Waals surface area contributed by atoms with Crippen molar-refractivity contribution < 1.29 is 19.5 Å². The first kappa shape index (κ1) is 19.4. The Morgan fingerprint density at radius 3 is 2.61 bits per heavy atom. The summed E-state index contributed by atoms with van der Waals surface area (Å²) < 4.78 is 7.40. The number of hydrogen-bond acceptors (Lipinski definition) is 5. The van der Waals surface area contributed by atoms with Gasteiger partial charge in [0.15, 0.2) is 0 Å². The second-order valence-corrected chi connectivity index (χ2v) is 6.37. The molecule has 2 amide bonds. The highest BCUT2D eigenvalue weighted by molar-refractivity contribution is 6.04. The number of nitrogens with zero attached hydrogens (tertiary/aromatic N) is 2. The van der Waals surface area contributed by atoms with Gasteiger partial charge >= 0.3 is 0 Å². The second-order valence-electron chi connectivity index (χ2n) is 6.37. The van der Waals surface area contributed by atoms with Crippen LogP contribution >= 0.6 is 0 Å². The maximum Gasteiger partial charge on any atom is 0.250 e. The average molecular weight is 382 g/mol. The summed E-state index contributed by atoms with van der Waals surface area (Å²) in [4.78, 5) is 22.4. The molecule has 0 saturated heterocycles. The van der Waals surface area contributed by atoms with E-state index in [1.54, 1.807) is 22.3 Å². The molecule has 8 heteroatoms. The quantitative estimate of drug-likeness (QED) is 0.298. The second kappa shape index (κ2) is 9.01. The molecule has 1 heterocycles. The van der Waals surface area contributed by atoms with Crippen LogP contribution in [0.4, 0.5) is 0 Å². The summed E-state index contributed by atoms with van der Waals surface area (Å²) in [5.74, 6) is -0.131. The average Bonchev–Trinajstić information content (AvgIpc) is 3.14. The Morgan fingerprint density at radius 2 is 1.89 bits per heavy atom. The predicted octanol–water partition coefficient (Wildman–Crippen LogP) is 2.57. The van der Waals surface area contributed by atoms with Crippen molar-refractivity contribution in [3.8, 4) is 11.4 Å². The summed E-state index contributed by atoms with van der Waals surface area (Å²) in [5, 5.41) is 13.7. The molecular formula is C20H22N4O4. The summed E-state index contributed by atoms with van der Waals surface area (Å²) in [6.07, 6.45) is 4.52. The molecule has 0 aliphatic heterocycles. The molecule has 146 valence electrons. The number of benzene rings is 2. The lowest BCUT2D eigenvalue weighted by Crippen LogP contribution is -2.17. The SMILES string of the molecule is NC(=O)c1cccc2cn(-c3ccc(OCCCCCC(=O)NO)cc3)nc12. The van der Waals surface area contributed by atoms with Gasteiger partial charge in [-0.15, -0.1) is 0 Å². The highest BCUT2D eigenvalue weighted by atomic mass is 16.5. The van der Waals surface area contributed by atoms with Crippen molar-refractivity contribution in [2.75, 3.05) is 6.61 Å². The van der Waals surface area contributed by atoms with Gasteiger partial charge in [-0.1, -0.05) is 12.1 Å². The van der Waals surface area contributed by atoms with E-state index < -0.39 is 5.91 Å². The van der Waals surface area contributed by atoms with Crippen molar-refractivity contribution in [3.05, 3.63) is 54.2 Å². The van der Waals surface area contributed by atoms with Crippen molar-refractivity contribution in [2.24, 2.45) is 5.73 Å². The van der Waals surface area contributed by atoms with Crippen molar-refractivity contribution in [2.45, 2.75) is 25.7 Å². The molecule has 0 unspecified atom stereocenters. The largest absolute Gasteiger partial charge is 0.494 e. The van der Waals surface area contributed by atoms with Crippen LogP contribution in [0.15, 0.2) is 48.7 Å². The van der Waals surface area contributed by atoms with Gasteiger partial charge in [0.1, 0.15) is 11.3 Å². The maximum atomic E-state index is 11.5. The van der Waals surface area contributed by atoms with Crippen molar-refractivity contribution in [1.82, 2.24) is 15.3 Å². The number of nitrogens with one attached hydrogen (secondary N) is 1. The Morgan fingerprint density at radius 1 is 1.11 bits per heavy atom. The van der Waals surface area contributed by atoms with Crippen LogP contribution in [0.3, 0.4) is 0 Å². The van der Waals surface area contributed by atoms with Crippen LogP contribution in [0.1, 0.15) is 36.0 Å². The van der Waals surface area contributed by atoms with Gasteiger partial charge in [-0.25, -0.2) is 10.2 Å². The minimum absolute atomic E-state index is 0.306. The van der Waals surface area contributed by atoms with Crippen LogP contribution in [0.25, 0.3) is 16.6 Å². The minimum atomic E-state index is -0.503. The summed E-state index contributed by atoms with van der Waals surface area (Å²) in [7, 11) is 0. The highest BCUT2D eigenvalue weighted by Crippen LogP contribution is 2.21. The van der Waals surface area contributed by atoms with Gasteiger partial charge in [0.25, 0.3) is 5.91 Å². The van der Waals surface area contributed by atoms with Gasteiger partial charge in [-0.05, 0) is 49.6 Å². The zero-order chi connectivity index (χ0) is 19.9. The van der Waals surface area contributed by atoms with Crippen LogP contribution in [0.2, 0.25) is 0 Å². The lowest BCUT2D eigenvalue weighted by molar-refractivity contribution is -0.129. The summed E-state index contributed by atoms with van der Waals surface area (Å²) in [6, 6.07) is 12.8. The standard InChI is InChI=1S/C20H22N4O4/c21-20(26)17-6-4-5-14-13-24(22-19(14)17)15-8-10-16(11-9-15)28-12-3-1-2-7-18(25)23-27/h4-6,8-11,13,27H,1-3,7,12H2,(H2,21,26)(H,23,25). The lowest BCUT2D eigenvalue weighted by Gasteiger charge is -2.07. The summed E-state index contributed by atoms with van der Waals surface area (Å²) in [5.41, 5.74) is 8.84. The molecule has 0 radical (unpaired) electrons. The third-order valence-electron chi connectivity index (χ3n) is 4.34. The molecule has 0 saturated carbocycles. The topological polar surface area (TPSA) is 119 Å². The third kappa shape index (κ3) is 4.66. The fourth-order valence-electron chi connectivity index (χ4n) is 2.88. The smallest absolute Gasteiger partial charge is 0.250 e. The molecule has 28 heavy (non-hydrogen) atoms. The molecular weight excluding hydrogens is 360 g/mol. The zero-order valence-corrected chi connectivity index (χ0v) is 15.3. The van der Waals surface area contributed by atoms with Gasteiger partial charge in [0, 0.05) is 18.0 Å². The fourth-order valence-corrected chi connectivity index (χ4v) is 2.88. The fraction of sp³-hybridized carbons (Fsp3) is 0.250. The first-order valence-corrected chi connectivity index (χ1v) is 9.03. The number of primary amides is 1. The van der Waals surface area contributed by atoms with Crippen molar-refractivity contribution >= 4 is 22.7 Å². The van der Waals surface area contributed by atoms with Crippen LogP contribution in [0.5, 0.6) is 5.75 Å². The third-order valence-corrected chi connectivity index (χ3v) is 4.34. The van der Waals surface area contributed by atoms with E-state index in [1.807, 2.05) is 36.5 Å². The van der Waals surface area contributed by atoms with E-state index in [9.17, 15) is 9.59 Å². The number of aromatic nitrogens is 2. The summed E-state index contributed by atoms with van der Waals surface area (Å²) >= 11 is 0. The Hall–Kier alpha value is -3.39. The molecule has 0 aliphatic rings. The van der Waals surface area contributed by atoms with E-state index in [-0.39, 0.29) is 5.91 Å². The minimum Gasteiger partial charge on any atom is -0.494 e. The molecule has 2 aromatic carbocycles. The molecule has 8 nitrogen and oxygen atoms in total. The molecule has 3 rings (SSSR count). The van der Waals surface area contributed by atoms with Gasteiger partial charge in [0.2, 0.25) is 5.91 Å². The van der Waals surface area contributed by atoms with E-state index in [0.717, 1.165) is 29.7 Å². The molecule has 0 atom stereocenters. The van der Waals surface area contributed by atoms with E-state index in [1.165, 1.54) is 0 Å². The molecule has 0 bridgehead atoms. The molecule has 3 aromatic rings. The summed E-state index contributed by atoms with van der Waals surface area (Å²) in [6.45, 7) is 0.549. The Kier molecular flexibility index (Phi) is 6.23. The number of carbonyl (C=O) groups is 2. The molecule has 0 spiro atoms. The monoisotopic (exact) mass is 382 g/mol. The number of unbranched alkanes of at least 4 members (excludes halogenated alkanes) is 2. The molecule has 4 N–H and O–H groups in total. The molecule has 0 aliphatic carbocycles. The van der Waals surface area contributed by atoms with E-state index >= 15 is 0 Å². The number of carbonyl (C=O) groups excluding carboxylic acids is 2. The van der Waals surface area contributed by atoms with Crippen LogP contribution in [0, 0.1) is 0 Å². The Labute approximate surface area is 161 Å².